The largest absolute Gasteiger partial charge is 0.445 e. The van der Waals surface area contributed by atoms with Crippen LogP contribution in [0.2, 0.25) is 0 Å². The fraction of sp³-hybridized carbons (Fsp3) is 0. The maximum Gasteiger partial charge on any atom is 0.165 e. The van der Waals surface area contributed by atoms with Crippen molar-refractivity contribution in [2.45, 2.75) is 0 Å². The summed E-state index contributed by atoms with van der Waals surface area (Å²) in [6, 6.07) is 12.9. The molecule has 0 amide bonds. The topological polar surface area (TPSA) is 9.23 Å². The molecule has 0 heterocycles. The molecule has 2 aromatic carbocycles. The van der Waals surface area contributed by atoms with E-state index >= 15 is 0 Å². The van der Waals surface area contributed by atoms with E-state index in [2.05, 4.69) is 184 Å². The molecule has 0 fully saturated rings. The molecule has 7 heteroatoms. The lowest BCUT2D eigenvalue weighted by Gasteiger charge is -2.05. The van der Waals surface area contributed by atoms with Crippen molar-refractivity contribution in [3.8, 4) is 0 Å². The number of rotatable bonds is 4. The van der Waals surface area contributed by atoms with E-state index in [1.807, 2.05) is 0 Å². The predicted octanol–water partition coefficient (Wildman–Crippen LogP) is 8.29. The second-order valence-electron chi connectivity index (χ2n) is 4.40. The average molecular weight is 978 g/mol. The number of ether oxygens (including phenoxy) is 1. The van der Waals surface area contributed by atoms with Crippen LogP contribution < -0.4 is 0 Å². The fourth-order valence-corrected chi connectivity index (χ4v) is 7.32. The Morgan fingerprint density at radius 2 is 0.913 bits per heavy atom. The average Bonchev–Trinajstić information content (AvgIpc) is 2.34. The minimum atomic E-state index is 0.848. The molecule has 0 unspecified atom stereocenters. The van der Waals surface area contributed by atoms with E-state index in [1.54, 1.807) is 0 Å². The molecule has 0 N–H and O–H groups in total. The summed E-state index contributed by atoms with van der Waals surface area (Å²) in [4.78, 5) is 0. The van der Waals surface area contributed by atoms with Crippen LogP contribution >= 0.6 is 136 Å². The number of hydrogen-bond donors (Lipinski definition) is 0. The minimum absolute atomic E-state index is 0.848. The lowest BCUT2D eigenvalue weighted by Crippen LogP contribution is -1.85. The molecular formula is C16H8I6O. The second-order valence-corrected chi connectivity index (χ2v) is 11.5. The lowest BCUT2D eigenvalue weighted by atomic mass is 10.2. The molecule has 2 rings (SSSR count). The Labute approximate surface area is 217 Å². The van der Waals surface area contributed by atoms with Crippen molar-refractivity contribution < 1.29 is 4.74 Å². The zero-order chi connectivity index (χ0) is 17.0. The summed E-state index contributed by atoms with van der Waals surface area (Å²) < 4.78 is 12.5. The van der Waals surface area contributed by atoms with Gasteiger partial charge in [0.25, 0.3) is 0 Å². The fourth-order valence-electron chi connectivity index (χ4n) is 1.73. The minimum Gasteiger partial charge on any atom is -0.445 e. The summed E-state index contributed by atoms with van der Waals surface area (Å²) in [6.07, 6.45) is 4.10. The summed E-state index contributed by atoms with van der Waals surface area (Å²) >= 11 is 13.8. The molecule has 0 radical (unpaired) electrons. The van der Waals surface area contributed by atoms with Gasteiger partial charge in [-0.15, -0.1) is 0 Å². The van der Waals surface area contributed by atoms with Gasteiger partial charge < -0.3 is 4.74 Å². The number of halogens is 6. The maximum atomic E-state index is 5.90. The summed E-state index contributed by atoms with van der Waals surface area (Å²) in [5, 5.41) is 0. The van der Waals surface area contributed by atoms with Gasteiger partial charge in [-0.25, -0.2) is 0 Å². The standard InChI is InChI=1S/C16H8I6O/c17-11-1-9(2-12(18)7-11)5-15(21)23-16(22)6-10-3-13(19)8-14(20)4-10/h1-8H. The van der Waals surface area contributed by atoms with Crippen LogP contribution in [0.15, 0.2) is 43.9 Å². The van der Waals surface area contributed by atoms with Crippen molar-refractivity contribution in [3.05, 3.63) is 69.3 Å². The lowest BCUT2D eigenvalue weighted by molar-refractivity contribution is 0.396. The Hall–Kier alpha value is 2.10. The summed E-state index contributed by atoms with van der Waals surface area (Å²) in [6.45, 7) is 0. The zero-order valence-corrected chi connectivity index (χ0v) is 24.2. The molecule has 0 saturated heterocycles. The van der Waals surface area contributed by atoms with E-state index in [-0.39, 0.29) is 0 Å². The van der Waals surface area contributed by atoms with Gasteiger partial charge in [-0.1, -0.05) is 0 Å². The molecular weight excluding hydrogens is 970 g/mol. The molecule has 0 aliphatic rings. The van der Waals surface area contributed by atoms with Gasteiger partial charge in [-0.2, -0.15) is 0 Å². The van der Waals surface area contributed by atoms with Gasteiger partial charge in [-0.05, 0) is 195 Å². The van der Waals surface area contributed by atoms with Crippen LogP contribution in [0.25, 0.3) is 12.2 Å². The first kappa shape index (κ1) is 21.4. The Morgan fingerprint density at radius 1 is 0.609 bits per heavy atom. The van der Waals surface area contributed by atoms with Gasteiger partial charge in [0.05, 0.1) is 0 Å². The Balaban J connectivity index is 2.16. The second kappa shape index (κ2) is 10.4. The third-order valence-electron chi connectivity index (χ3n) is 2.53. The van der Waals surface area contributed by atoms with Crippen LogP contribution in [0.3, 0.4) is 0 Å². The molecule has 2 aromatic rings. The van der Waals surface area contributed by atoms with E-state index in [1.165, 1.54) is 14.3 Å². The van der Waals surface area contributed by atoms with Crippen molar-refractivity contribution in [2.75, 3.05) is 0 Å². The molecule has 120 valence electrons. The first-order valence-electron chi connectivity index (χ1n) is 6.16. The van der Waals surface area contributed by atoms with Gasteiger partial charge in [0.2, 0.25) is 0 Å². The van der Waals surface area contributed by atoms with E-state index in [4.69, 9.17) is 4.74 Å². The van der Waals surface area contributed by atoms with Crippen LogP contribution in [-0.4, -0.2) is 0 Å². The van der Waals surface area contributed by atoms with Crippen LogP contribution in [0, 0.1) is 14.3 Å². The summed E-state index contributed by atoms with van der Waals surface area (Å²) in [5.41, 5.74) is 2.30. The van der Waals surface area contributed by atoms with Crippen LogP contribution in [0.5, 0.6) is 0 Å². The summed E-state index contributed by atoms with van der Waals surface area (Å²) in [5.74, 6) is 0. The quantitative estimate of drug-likeness (QED) is 0.222. The maximum absolute atomic E-state index is 5.90. The monoisotopic (exact) mass is 977 g/mol. The highest BCUT2D eigenvalue weighted by Crippen LogP contribution is 2.25. The third kappa shape index (κ3) is 8.11. The Morgan fingerprint density at radius 3 is 1.22 bits per heavy atom. The zero-order valence-electron chi connectivity index (χ0n) is 11.3. The van der Waals surface area contributed by atoms with E-state index in [9.17, 15) is 0 Å². The van der Waals surface area contributed by atoms with E-state index in [0.717, 1.165) is 18.7 Å². The van der Waals surface area contributed by atoms with E-state index in [0.29, 0.717) is 0 Å². The smallest absolute Gasteiger partial charge is 0.165 e. The van der Waals surface area contributed by atoms with Gasteiger partial charge in [0.15, 0.2) is 7.53 Å². The van der Waals surface area contributed by atoms with Crippen molar-refractivity contribution in [3.63, 3.8) is 0 Å². The molecule has 0 aliphatic carbocycles. The molecule has 0 spiro atoms. The van der Waals surface area contributed by atoms with Gasteiger partial charge in [-0.3, -0.25) is 0 Å². The molecule has 0 atom stereocenters. The SMILES string of the molecule is IC(=Cc1cc(I)cc(I)c1)OC(I)=Cc1cc(I)cc(I)c1. The Kier molecular flexibility index (Phi) is 9.71. The molecule has 23 heavy (non-hydrogen) atoms. The summed E-state index contributed by atoms with van der Waals surface area (Å²) in [7, 11) is 0. The van der Waals surface area contributed by atoms with E-state index < -0.39 is 0 Å². The first-order valence-corrected chi connectivity index (χ1v) is 12.6. The van der Waals surface area contributed by atoms with Gasteiger partial charge in [0, 0.05) is 14.3 Å². The number of benzene rings is 2. The van der Waals surface area contributed by atoms with Crippen molar-refractivity contribution >= 4 is 148 Å². The van der Waals surface area contributed by atoms with Crippen LogP contribution in [-0.2, 0) is 4.74 Å². The van der Waals surface area contributed by atoms with Gasteiger partial charge in [0.1, 0.15) is 0 Å². The Bertz CT molecular complexity index is 676. The van der Waals surface area contributed by atoms with Gasteiger partial charge >= 0.3 is 0 Å². The number of hydrogen-bond acceptors (Lipinski definition) is 1. The van der Waals surface area contributed by atoms with Crippen molar-refractivity contribution in [1.82, 2.24) is 0 Å². The predicted molar refractivity (Wildman–Crippen MR) is 149 cm³/mol. The normalized spacial score (nSPS) is 12.4. The third-order valence-corrected chi connectivity index (χ3v) is 6.08. The highest BCUT2D eigenvalue weighted by Gasteiger charge is 2.02. The van der Waals surface area contributed by atoms with Crippen molar-refractivity contribution in [1.29, 1.82) is 0 Å². The molecule has 0 aliphatic heterocycles. The highest BCUT2D eigenvalue weighted by atomic mass is 127. The molecule has 0 aromatic heterocycles. The molecule has 0 bridgehead atoms. The van der Waals surface area contributed by atoms with Crippen LogP contribution in [0.4, 0.5) is 0 Å². The van der Waals surface area contributed by atoms with Crippen molar-refractivity contribution in [2.24, 2.45) is 0 Å². The highest BCUT2D eigenvalue weighted by molar-refractivity contribution is 14.1. The van der Waals surface area contributed by atoms with Crippen LogP contribution in [0.1, 0.15) is 11.1 Å². The first-order chi connectivity index (χ1) is 10.8. The molecule has 0 saturated carbocycles. The molecule has 1 nitrogen and oxygen atoms in total.